The molecule has 27 heavy (non-hydrogen) atoms. The highest BCUT2D eigenvalue weighted by molar-refractivity contribution is 8.02. The van der Waals surface area contributed by atoms with Crippen molar-refractivity contribution in [2.45, 2.75) is 26.5 Å². The van der Waals surface area contributed by atoms with Crippen LogP contribution < -0.4 is 10.9 Å². The number of nitrogens with zero attached hydrogens (tertiary/aromatic N) is 4. The highest BCUT2D eigenvalue weighted by atomic mass is 32.2. The van der Waals surface area contributed by atoms with E-state index in [2.05, 4.69) is 16.4 Å². The monoisotopic (exact) mass is 379 g/mol. The largest absolute Gasteiger partial charge is 0.319 e. The lowest BCUT2D eigenvalue weighted by Gasteiger charge is -2.34. The van der Waals surface area contributed by atoms with Gasteiger partial charge in [-0.05, 0) is 18.6 Å². The van der Waals surface area contributed by atoms with Crippen LogP contribution in [0, 0.1) is 40.9 Å². The van der Waals surface area contributed by atoms with Gasteiger partial charge in [-0.1, -0.05) is 19.9 Å². The van der Waals surface area contributed by atoms with E-state index in [1.54, 1.807) is 26.1 Å². The Bertz CT molecular complexity index is 1120. The van der Waals surface area contributed by atoms with Gasteiger partial charge in [0.25, 0.3) is 5.56 Å². The Balaban J connectivity index is 1.93. The molecule has 0 saturated carbocycles. The highest BCUT2D eigenvalue weighted by Crippen LogP contribution is 2.42. The fourth-order valence-corrected chi connectivity index (χ4v) is 4.08. The smallest absolute Gasteiger partial charge is 0.258 e. The van der Waals surface area contributed by atoms with Crippen LogP contribution in [0.2, 0.25) is 0 Å². The summed E-state index contributed by atoms with van der Waals surface area (Å²) >= 11 is 1.23. The zero-order valence-electron chi connectivity index (χ0n) is 15.1. The molecule has 1 aliphatic heterocycles. The standard InChI is InChI=1S/C19H17N5O2S/c1-11-4-5-15-22-12(6-16(25)24(15)9-11)10-27-18-14(8-21)19(2,3)13(7-20)17(26)23-18/h4-6,9,13H,10H2,1-3H3,(H,23,26)/t13-/m1/s1. The first-order valence-electron chi connectivity index (χ1n) is 8.25. The topological polar surface area (TPSA) is 111 Å². The Labute approximate surface area is 160 Å². The Morgan fingerprint density at radius 1 is 1.33 bits per heavy atom. The van der Waals surface area contributed by atoms with Gasteiger partial charge in [0.05, 0.1) is 28.4 Å². The molecule has 2 aromatic heterocycles. The zero-order chi connectivity index (χ0) is 19.8. The molecule has 0 spiro atoms. The maximum atomic E-state index is 12.3. The number of carbonyl (C=O) groups is 1. The summed E-state index contributed by atoms with van der Waals surface area (Å²) in [6, 6.07) is 9.18. The van der Waals surface area contributed by atoms with Gasteiger partial charge < -0.3 is 5.32 Å². The number of rotatable bonds is 3. The van der Waals surface area contributed by atoms with Gasteiger partial charge in [-0.2, -0.15) is 10.5 Å². The van der Waals surface area contributed by atoms with Crippen LogP contribution in [0.4, 0.5) is 0 Å². The van der Waals surface area contributed by atoms with Crippen molar-refractivity contribution in [3.05, 3.63) is 56.6 Å². The molecule has 0 aromatic carbocycles. The van der Waals surface area contributed by atoms with E-state index >= 15 is 0 Å². The molecule has 2 aromatic rings. The lowest BCUT2D eigenvalue weighted by Crippen LogP contribution is -2.44. The summed E-state index contributed by atoms with van der Waals surface area (Å²) in [4.78, 5) is 29.0. The van der Waals surface area contributed by atoms with E-state index in [9.17, 15) is 20.1 Å². The summed E-state index contributed by atoms with van der Waals surface area (Å²) in [6.45, 7) is 5.32. The van der Waals surface area contributed by atoms with E-state index in [1.165, 1.54) is 22.2 Å². The van der Waals surface area contributed by atoms with Crippen molar-refractivity contribution >= 4 is 23.3 Å². The van der Waals surface area contributed by atoms with Crippen LogP contribution in [0.15, 0.2) is 39.8 Å². The summed E-state index contributed by atoms with van der Waals surface area (Å²) in [5, 5.41) is 21.9. The molecule has 0 bridgehead atoms. The number of hydrogen-bond acceptors (Lipinski definition) is 6. The average molecular weight is 379 g/mol. The van der Waals surface area contributed by atoms with Gasteiger partial charge in [0.15, 0.2) is 0 Å². The van der Waals surface area contributed by atoms with Crippen molar-refractivity contribution < 1.29 is 4.79 Å². The number of nitrogens with one attached hydrogen (secondary N) is 1. The average Bonchev–Trinajstić information content (AvgIpc) is 2.60. The second-order valence-electron chi connectivity index (χ2n) is 6.90. The minimum Gasteiger partial charge on any atom is -0.319 e. The number of pyridine rings is 1. The molecule has 0 saturated heterocycles. The Hall–Kier alpha value is -3.10. The normalized spacial score (nSPS) is 18.7. The Kier molecular flexibility index (Phi) is 4.77. The molecule has 0 fully saturated rings. The summed E-state index contributed by atoms with van der Waals surface area (Å²) in [5.74, 6) is -1.04. The molecular formula is C19H17N5O2S. The third-order valence-corrected chi connectivity index (χ3v) is 5.59. The second-order valence-corrected chi connectivity index (χ2v) is 7.88. The summed E-state index contributed by atoms with van der Waals surface area (Å²) in [7, 11) is 0. The third kappa shape index (κ3) is 3.32. The molecule has 1 aliphatic rings. The van der Waals surface area contributed by atoms with Crippen LogP contribution in [-0.4, -0.2) is 15.3 Å². The van der Waals surface area contributed by atoms with Crippen molar-refractivity contribution in [2.75, 3.05) is 0 Å². The van der Waals surface area contributed by atoms with E-state index in [4.69, 9.17) is 0 Å². The number of aromatic nitrogens is 2. The number of thioether (sulfide) groups is 1. The maximum Gasteiger partial charge on any atom is 0.258 e. The lowest BCUT2D eigenvalue weighted by molar-refractivity contribution is -0.125. The van der Waals surface area contributed by atoms with Crippen molar-refractivity contribution in [1.82, 2.24) is 14.7 Å². The minimum absolute atomic E-state index is 0.189. The number of carbonyl (C=O) groups excluding carboxylic acids is 1. The summed E-state index contributed by atoms with van der Waals surface area (Å²) < 4.78 is 1.48. The molecule has 0 radical (unpaired) electrons. The first-order valence-corrected chi connectivity index (χ1v) is 9.23. The number of allylic oxidation sites excluding steroid dienone is 1. The second kappa shape index (κ2) is 6.90. The zero-order valence-corrected chi connectivity index (χ0v) is 15.9. The molecular weight excluding hydrogens is 362 g/mol. The minimum atomic E-state index is -0.928. The summed E-state index contributed by atoms with van der Waals surface area (Å²) in [6.07, 6.45) is 1.73. The molecule has 0 unspecified atom stereocenters. The van der Waals surface area contributed by atoms with Crippen LogP contribution in [0.1, 0.15) is 25.1 Å². The molecule has 136 valence electrons. The molecule has 3 heterocycles. The molecule has 7 nitrogen and oxygen atoms in total. The number of nitriles is 2. The van der Waals surface area contributed by atoms with Crippen molar-refractivity contribution in [3.63, 3.8) is 0 Å². The van der Waals surface area contributed by atoms with Crippen molar-refractivity contribution in [2.24, 2.45) is 11.3 Å². The van der Waals surface area contributed by atoms with Crippen LogP contribution >= 0.6 is 11.8 Å². The molecule has 8 heteroatoms. The SMILES string of the molecule is Cc1ccc2nc(CSC3=C(C#N)C(C)(C)[C@H](C#N)C(=O)N3)cc(=O)n2c1. The van der Waals surface area contributed by atoms with Gasteiger partial charge in [0, 0.05) is 23.4 Å². The number of hydrogen-bond donors (Lipinski definition) is 1. The fraction of sp³-hybridized carbons (Fsp3) is 0.316. The van der Waals surface area contributed by atoms with E-state index in [-0.39, 0.29) is 5.56 Å². The van der Waals surface area contributed by atoms with Crippen LogP contribution in [-0.2, 0) is 10.5 Å². The van der Waals surface area contributed by atoms with Gasteiger partial charge in [-0.25, -0.2) is 4.98 Å². The molecule has 1 atom stereocenters. The lowest BCUT2D eigenvalue weighted by atomic mass is 9.72. The first-order chi connectivity index (χ1) is 12.8. The predicted molar refractivity (Wildman–Crippen MR) is 101 cm³/mol. The maximum absolute atomic E-state index is 12.3. The van der Waals surface area contributed by atoms with Crippen LogP contribution in [0.3, 0.4) is 0 Å². The van der Waals surface area contributed by atoms with Gasteiger partial charge in [-0.15, -0.1) is 11.8 Å². The van der Waals surface area contributed by atoms with Crippen LogP contribution in [0.5, 0.6) is 0 Å². The molecule has 3 rings (SSSR count). The molecule has 0 aliphatic carbocycles. The number of amides is 1. The highest BCUT2D eigenvalue weighted by Gasteiger charge is 2.44. The van der Waals surface area contributed by atoms with Gasteiger partial charge in [0.2, 0.25) is 5.91 Å². The summed E-state index contributed by atoms with van der Waals surface area (Å²) in [5.41, 5.74) is 1.32. The predicted octanol–water partition coefficient (Wildman–Crippen LogP) is 2.27. The van der Waals surface area contributed by atoms with E-state index < -0.39 is 17.2 Å². The van der Waals surface area contributed by atoms with Crippen molar-refractivity contribution in [1.29, 1.82) is 10.5 Å². The quantitative estimate of drug-likeness (QED) is 0.876. The van der Waals surface area contributed by atoms with E-state index in [0.29, 0.717) is 27.7 Å². The first kappa shape index (κ1) is 18.7. The Morgan fingerprint density at radius 2 is 2.07 bits per heavy atom. The van der Waals surface area contributed by atoms with Gasteiger partial charge >= 0.3 is 0 Å². The Morgan fingerprint density at radius 3 is 2.74 bits per heavy atom. The number of fused-ring (bicyclic) bond motifs is 1. The molecule has 1 N–H and O–H groups in total. The number of aryl methyl sites for hydroxylation is 1. The van der Waals surface area contributed by atoms with Gasteiger partial charge in [0.1, 0.15) is 11.6 Å². The van der Waals surface area contributed by atoms with Crippen molar-refractivity contribution in [3.8, 4) is 12.1 Å². The van der Waals surface area contributed by atoms with E-state index in [1.807, 2.05) is 19.1 Å². The third-order valence-electron chi connectivity index (χ3n) is 4.56. The fourth-order valence-electron chi connectivity index (χ4n) is 3.01. The molecule has 1 amide bonds. The van der Waals surface area contributed by atoms with Crippen LogP contribution in [0.25, 0.3) is 5.65 Å². The van der Waals surface area contributed by atoms with Gasteiger partial charge in [-0.3, -0.25) is 14.0 Å². The van der Waals surface area contributed by atoms with E-state index in [0.717, 1.165) is 5.56 Å².